The average Bonchev–Trinajstić information content (AvgIpc) is 3.24. The van der Waals surface area contributed by atoms with Crippen LogP contribution in [0.25, 0.3) is 10.4 Å². The number of rotatable bonds is 12. The molecule has 0 radical (unpaired) electrons. The van der Waals surface area contributed by atoms with Crippen LogP contribution in [-0.4, -0.2) is 146 Å². The van der Waals surface area contributed by atoms with Gasteiger partial charge in [-0.1, -0.05) is 44.9 Å². The molecule has 0 aromatic heterocycles. The van der Waals surface area contributed by atoms with E-state index in [4.69, 9.17) is 38.7 Å². The van der Waals surface area contributed by atoms with Crippen LogP contribution in [-0.2, 0) is 49.4 Å². The standard InChI is InChI=1S/C44H70N4O16/c1-12-31-44(10,57)37(53)23(4)34(51)21(2)17-42(8,56)39(24(5)36(25(6)40(55)62-31)63-33-18-43(9,58-11)38(54)26(7)61-33)64-41-35(52)29(15-22(3)60-41)46-32(50)20-59-30-16-28(47-48-45)14-13-27(30)19-49/h13-14,16,21-26,29,31,33,35-39,41,49,52-54,56-57H,12,15,17-20H2,1-11H3,(H,46,50)/t21-,22-,23+,24+,25-,26+,29+,31-,33+,35-,36+,37-,38+,39-,41+,42+,43-,44-/m1/s1. The van der Waals surface area contributed by atoms with Gasteiger partial charge in [0.2, 0.25) is 0 Å². The summed E-state index contributed by atoms with van der Waals surface area (Å²) in [5.41, 5.74) is 4.20. The number of aliphatic hydroxyl groups excluding tert-OH is 4. The maximum atomic E-state index is 14.3. The summed E-state index contributed by atoms with van der Waals surface area (Å²) in [5, 5.41) is 74.5. The number of benzene rings is 1. The van der Waals surface area contributed by atoms with Gasteiger partial charge in [-0.3, -0.25) is 14.4 Å². The zero-order valence-corrected chi connectivity index (χ0v) is 38.7. The van der Waals surface area contributed by atoms with Crippen molar-refractivity contribution in [2.45, 2.75) is 186 Å². The quantitative estimate of drug-likeness (QED) is 0.0687. The molecule has 0 saturated carbocycles. The summed E-state index contributed by atoms with van der Waals surface area (Å²) in [6.45, 7) is 14.6. The number of amides is 1. The van der Waals surface area contributed by atoms with Crippen molar-refractivity contribution in [3.05, 3.63) is 34.2 Å². The number of carbonyl (C=O) groups is 3. The van der Waals surface area contributed by atoms with Gasteiger partial charge in [0, 0.05) is 47.4 Å². The zero-order chi connectivity index (χ0) is 48.1. The molecule has 3 aliphatic heterocycles. The van der Waals surface area contributed by atoms with Crippen molar-refractivity contribution in [3.8, 4) is 5.75 Å². The van der Waals surface area contributed by atoms with Crippen molar-refractivity contribution in [2.24, 2.45) is 28.8 Å². The van der Waals surface area contributed by atoms with Gasteiger partial charge in [0.15, 0.2) is 19.2 Å². The molecule has 362 valence electrons. The third kappa shape index (κ3) is 12.1. The van der Waals surface area contributed by atoms with Crippen LogP contribution in [0.4, 0.5) is 5.69 Å². The van der Waals surface area contributed by atoms with Crippen LogP contribution in [0.3, 0.4) is 0 Å². The van der Waals surface area contributed by atoms with Crippen molar-refractivity contribution in [1.82, 2.24) is 5.32 Å². The van der Waals surface area contributed by atoms with E-state index in [1.54, 1.807) is 41.5 Å². The molecule has 18 atom stereocenters. The fourth-order valence-electron chi connectivity index (χ4n) is 9.38. The summed E-state index contributed by atoms with van der Waals surface area (Å²) in [6, 6.07) is 3.35. The maximum Gasteiger partial charge on any atom is 0.311 e. The van der Waals surface area contributed by atoms with Crippen LogP contribution in [0, 0.1) is 23.7 Å². The summed E-state index contributed by atoms with van der Waals surface area (Å²) in [4.78, 5) is 44.3. The normalized spacial score (nSPS) is 41.5. The lowest BCUT2D eigenvalue weighted by Crippen LogP contribution is -2.61. The predicted octanol–water partition coefficient (Wildman–Crippen LogP) is 2.85. The van der Waals surface area contributed by atoms with Crippen LogP contribution in [0.2, 0.25) is 0 Å². The molecular weight excluding hydrogens is 840 g/mol. The molecule has 0 aliphatic carbocycles. The second-order valence-electron chi connectivity index (χ2n) is 18.5. The lowest BCUT2D eigenvalue weighted by molar-refractivity contribution is -0.315. The fourth-order valence-corrected chi connectivity index (χ4v) is 9.38. The van der Waals surface area contributed by atoms with Crippen molar-refractivity contribution >= 4 is 23.3 Å². The number of cyclic esters (lactones) is 1. The third-order valence-electron chi connectivity index (χ3n) is 13.3. The SMILES string of the molecule is CC[C@H]1OC(=O)[C@H](C)[C@@H](O[C@H]2C[C@@](C)(OC)[C@@H](O)[C@H](C)O2)[C@H](C)[C@@H](O[C@@H]2O[C@H](C)C[C@H](NC(=O)COc3cc(N=[N+]=[N-])ccc3CO)[C@H]2O)[C@@](C)(O)C[C@@H](C)C(=O)[C@H](C)[C@@H](O)[C@]1(C)O. The Labute approximate surface area is 374 Å². The first-order valence-corrected chi connectivity index (χ1v) is 22.0. The highest BCUT2D eigenvalue weighted by Gasteiger charge is 2.53. The number of carbonyl (C=O) groups excluding carboxylic acids is 3. The summed E-state index contributed by atoms with van der Waals surface area (Å²) < 4.78 is 42.8. The number of methoxy groups -OCH3 is 1. The summed E-state index contributed by atoms with van der Waals surface area (Å²) >= 11 is 0. The Bertz CT molecular complexity index is 1810. The minimum Gasteiger partial charge on any atom is -0.483 e. The van der Waals surface area contributed by atoms with Gasteiger partial charge in [0.05, 0.1) is 60.3 Å². The molecule has 1 amide bonds. The lowest BCUT2D eigenvalue weighted by atomic mass is 9.74. The number of nitrogens with zero attached hydrogens (tertiary/aromatic N) is 3. The van der Waals surface area contributed by atoms with Crippen molar-refractivity contribution in [1.29, 1.82) is 0 Å². The molecule has 1 aromatic rings. The first-order chi connectivity index (χ1) is 29.8. The maximum absolute atomic E-state index is 14.3. The third-order valence-corrected chi connectivity index (χ3v) is 13.3. The van der Waals surface area contributed by atoms with Crippen LogP contribution >= 0.6 is 0 Å². The zero-order valence-electron chi connectivity index (χ0n) is 38.7. The van der Waals surface area contributed by atoms with E-state index >= 15 is 0 Å². The Morgan fingerprint density at radius 1 is 0.984 bits per heavy atom. The van der Waals surface area contributed by atoms with E-state index in [2.05, 4.69) is 15.3 Å². The van der Waals surface area contributed by atoms with E-state index in [9.17, 15) is 45.0 Å². The van der Waals surface area contributed by atoms with Gasteiger partial charge >= 0.3 is 5.97 Å². The Morgan fingerprint density at radius 3 is 2.27 bits per heavy atom. The number of hydrogen-bond acceptors (Lipinski definition) is 17. The molecule has 3 saturated heterocycles. The highest BCUT2D eigenvalue weighted by molar-refractivity contribution is 5.83. The summed E-state index contributed by atoms with van der Waals surface area (Å²) in [7, 11) is 1.44. The van der Waals surface area contributed by atoms with Gasteiger partial charge in [-0.25, -0.2) is 0 Å². The Hall–Kier alpha value is -3.50. The molecular formula is C44H70N4O16. The topological polar surface area (TPSA) is 298 Å². The lowest BCUT2D eigenvalue weighted by Gasteiger charge is -2.48. The molecule has 4 rings (SSSR count). The number of azide groups is 1. The molecule has 3 fully saturated rings. The predicted molar refractivity (Wildman–Crippen MR) is 227 cm³/mol. The second-order valence-corrected chi connectivity index (χ2v) is 18.5. The second kappa shape index (κ2) is 21.9. The molecule has 20 heteroatoms. The molecule has 3 aliphatic rings. The largest absolute Gasteiger partial charge is 0.483 e. The highest BCUT2D eigenvalue weighted by atomic mass is 16.7. The van der Waals surface area contributed by atoms with E-state index in [1.165, 1.54) is 53.0 Å². The van der Waals surface area contributed by atoms with Crippen LogP contribution in [0.1, 0.15) is 100 Å². The van der Waals surface area contributed by atoms with Gasteiger partial charge < -0.3 is 69.1 Å². The number of nitrogens with one attached hydrogen (secondary N) is 1. The average molecular weight is 911 g/mol. The number of Topliss-reactive ketones (excluding diaryl/α,β-unsaturated/α-hetero) is 1. The van der Waals surface area contributed by atoms with E-state index in [1.807, 2.05) is 0 Å². The number of ketones is 1. The monoisotopic (exact) mass is 910 g/mol. The molecule has 0 bridgehead atoms. The fraction of sp³-hybridized carbons (Fsp3) is 0.795. The highest BCUT2D eigenvalue weighted by Crippen LogP contribution is 2.41. The Balaban J connectivity index is 1.73. The van der Waals surface area contributed by atoms with Gasteiger partial charge in [0.1, 0.15) is 35.4 Å². The van der Waals surface area contributed by atoms with Crippen molar-refractivity contribution < 1.29 is 78.2 Å². The van der Waals surface area contributed by atoms with Crippen molar-refractivity contribution in [3.63, 3.8) is 0 Å². The smallest absolute Gasteiger partial charge is 0.311 e. The number of esters is 1. The minimum absolute atomic E-state index is 0.0113. The van der Waals surface area contributed by atoms with Gasteiger partial charge in [-0.05, 0) is 72.4 Å². The molecule has 0 spiro atoms. The van der Waals surface area contributed by atoms with E-state index in [0.29, 0.717) is 5.56 Å². The molecule has 1 aromatic carbocycles. The number of ether oxygens (including phenoxy) is 7. The molecule has 20 nitrogen and oxygen atoms in total. The van der Waals surface area contributed by atoms with Crippen LogP contribution < -0.4 is 10.1 Å². The molecule has 0 unspecified atom stereocenters. The number of hydrogen-bond donors (Lipinski definition) is 7. The van der Waals surface area contributed by atoms with Crippen LogP contribution in [0.15, 0.2) is 23.3 Å². The van der Waals surface area contributed by atoms with Gasteiger partial charge in [-0.15, -0.1) is 0 Å². The van der Waals surface area contributed by atoms with Crippen molar-refractivity contribution in [2.75, 3.05) is 13.7 Å². The number of aliphatic hydroxyl groups is 6. The first kappa shape index (κ1) is 53.1. The minimum atomic E-state index is -2.07. The summed E-state index contributed by atoms with van der Waals surface area (Å²) in [5.74, 6) is -6.19. The first-order valence-electron chi connectivity index (χ1n) is 22.0. The molecule has 64 heavy (non-hydrogen) atoms. The molecule has 7 N–H and O–H groups in total. The van der Waals surface area contributed by atoms with Crippen LogP contribution in [0.5, 0.6) is 5.75 Å². The van der Waals surface area contributed by atoms with E-state index in [0.717, 1.165) is 0 Å². The van der Waals surface area contributed by atoms with Gasteiger partial charge in [-0.2, -0.15) is 0 Å². The Kier molecular flexibility index (Phi) is 18.1. The van der Waals surface area contributed by atoms with Gasteiger partial charge in [0.25, 0.3) is 5.91 Å². The molecule has 3 heterocycles. The van der Waals surface area contributed by atoms with E-state index in [-0.39, 0.29) is 37.1 Å². The van der Waals surface area contributed by atoms with E-state index < -0.39 is 139 Å². The summed E-state index contributed by atoms with van der Waals surface area (Å²) in [6.07, 6.45) is -12.2. The Morgan fingerprint density at radius 2 is 1.66 bits per heavy atom.